The molecule has 3 aromatic rings. The van der Waals surface area contributed by atoms with Gasteiger partial charge in [-0.1, -0.05) is 30.3 Å². The van der Waals surface area contributed by atoms with Crippen LogP contribution in [-0.4, -0.2) is 65.5 Å². The predicted octanol–water partition coefficient (Wildman–Crippen LogP) is 6.55. The molecule has 9 heteroatoms. The van der Waals surface area contributed by atoms with Crippen molar-refractivity contribution in [3.63, 3.8) is 0 Å². The summed E-state index contributed by atoms with van der Waals surface area (Å²) < 4.78 is 17.6. The summed E-state index contributed by atoms with van der Waals surface area (Å²) in [6.45, 7) is 14.0. The van der Waals surface area contributed by atoms with Crippen LogP contribution in [0, 0.1) is 19.3 Å². The highest BCUT2D eigenvalue weighted by Crippen LogP contribution is 2.41. The van der Waals surface area contributed by atoms with Crippen LogP contribution in [0.2, 0.25) is 0 Å². The van der Waals surface area contributed by atoms with Gasteiger partial charge in [0.05, 0.1) is 23.8 Å². The van der Waals surface area contributed by atoms with Crippen LogP contribution in [0.15, 0.2) is 48.5 Å². The number of anilines is 1. The molecule has 0 spiro atoms. The van der Waals surface area contributed by atoms with Crippen molar-refractivity contribution < 1.29 is 28.9 Å². The number of aliphatic carboxylic acids is 1. The Kier molecular flexibility index (Phi) is 9.12. The number of ether oxygens (including phenoxy) is 3. The SMILES string of the molecule is COC[C@H]1N(c2cccc(-c3cccc(C)c3OCc3ccc4c(c3C)CCN(C(=O)OC(C)(C)C)C4)n2)CC[C@@]1(C)C(=O)O. The lowest BCUT2D eigenvalue weighted by molar-refractivity contribution is -0.148. The number of carboxylic acid groups (broad SMARTS) is 1. The summed E-state index contributed by atoms with van der Waals surface area (Å²) in [6.07, 6.45) is 1.00. The van der Waals surface area contributed by atoms with Gasteiger partial charge in [0.1, 0.15) is 23.8 Å². The molecule has 0 unspecified atom stereocenters. The van der Waals surface area contributed by atoms with Crippen molar-refractivity contribution >= 4 is 17.9 Å². The zero-order chi connectivity index (χ0) is 32.5. The zero-order valence-corrected chi connectivity index (χ0v) is 27.5. The van der Waals surface area contributed by atoms with E-state index >= 15 is 0 Å². The number of amides is 1. The maximum Gasteiger partial charge on any atom is 0.410 e. The number of aryl methyl sites for hydroxylation is 1. The number of carbonyl (C=O) groups excluding carboxylic acids is 1. The third-order valence-electron chi connectivity index (χ3n) is 9.14. The molecule has 2 aliphatic rings. The van der Waals surface area contributed by atoms with Crippen LogP contribution in [-0.2, 0) is 33.8 Å². The molecule has 0 bridgehead atoms. The first-order valence-electron chi connectivity index (χ1n) is 15.6. The Morgan fingerprint density at radius 3 is 2.53 bits per heavy atom. The minimum atomic E-state index is -0.925. The maximum atomic E-state index is 12.7. The number of nitrogens with zero attached hydrogens (tertiary/aromatic N) is 3. The second-order valence-electron chi connectivity index (χ2n) is 13.4. The standard InChI is InChI=1S/C36H45N3O6/c1-23-10-8-11-28(29-12-9-13-31(37-29)39-19-17-36(6,33(40)41)30(39)22-43-7)32(23)44-21-26-15-14-25-20-38(18-16-27(25)24(26)2)34(42)45-35(3,4)5/h8-15,30H,16-22H2,1-7H3,(H,40,41)/t30-,36-/m1/s1. The first-order chi connectivity index (χ1) is 21.3. The van der Waals surface area contributed by atoms with Crippen molar-refractivity contribution in [2.45, 2.75) is 79.2 Å². The molecule has 2 atom stereocenters. The number of hydrogen-bond donors (Lipinski definition) is 1. The number of methoxy groups -OCH3 is 1. The van der Waals surface area contributed by atoms with E-state index in [9.17, 15) is 14.7 Å². The quantitative estimate of drug-likeness (QED) is 0.304. The lowest BCUT2D eigenvalue weighted by Gasteiger charge is -2.32. The molecule has 1 saturated heterocycles. The number of carboxylic acids is 1. The molecule has 2 aliphatic heterocycles. The summed E-state index contributed by atoms with van der Waals surface area (Å²) in [5.41, 5.74) is 5.88. The van der Waals surface area contributed by atoms with Gasteiger partial charge in [-0.15, -0.1) is 0 Å². The normalized spacial score (nSPS) is 19.8. The summed E-state index contributed by atoms with van der Waals surface area (Å²) in [5, 5.41) is 10.0. The molecule has 2 aromatic carbocycles. The van der Waals surface area contributed by atoms with E-state index in [1.165, 1.54) is 11.1 Å². The van der Waals surface area contributed by atoms with E-state index in [2.05, 4.69) is 24.0 Å². The molecule has 1 N–H and O–H groups in total. The number of fused-ring (bicyclic) bond motifs is 1. The van der Waals surface area contributed by atoms with E-state index in [4.69, 9.17) is 19.2 Å². The topological polar surface area (TPSA) is 101 Å². The van der Waals surface area contributed by atoms with Crippen molar-refractivity contribution in [2.75, 3.05) is 31.7 Å². The van der Waals surface area contributed by atoms with Gasteiger partial charge in [0.25, 0.3) is 0 Å². The average Bonchev–Trinajstić information content (AvgIpc) is 3.33. The summed E-state index contributed by atoms with van der Waals surface area (Å²) in [4.78, 5) is 33.7. The van der Waals surface area contributed by atoms with Crippen LogP contribution in [0.3, 0.4) is 0 Å². The predicted molar refractivity (Wildman–Crippen MR) is 174 cm³/mol. The highest BCUT2D eigenvalue weighted by molar-refractivity contribution is 5.77. The molecule has 3 heterocycles. The fraction of sp³-hybridized carbons (Fsp3) is 0.472. The number of para-hydroxylation sites is 1. The van der Waals surface area contributed by atoms with Gasteiger partial charge in [-0.2, -0.15) is 0 Å². The van der Waals surface area contributed by atoms with Gasteiger partial charge in [0.2, 0.25) is 0 Å². The van der Waals surface area contributed by atoms with Crippen LogP contribution in [0.5, 0.6) is 5.75 Å². The largest absolute Gasteiger partial charge is 0.488 e. The Bertz CT molecular complexity index is 1580. The van der Waals surface area contributed by atoms with Crippen LogP contribution < -0.4 is 9.64 Å². The Hall–Kier alpha value is -4.11. The van der Waals surface area contributed by atoms with Gasteiger partial charge >= 0.3 is 12.1 Å². The van der Waals surface area contributed by atoms with Crippen molar-refractivity contribution in [1.82, 2.24) is 9.88 Å². The summed E-state index contributed by atoms with van der Waals surface area (Å²) in [6, 6.07) is 15.7. The number of hydrogen-bond acceptors (Lipinski definition) is 7. The summed E-state index contributed by atoms with van der Waals surface area (Å²) >= 11 is 0. The molecule has 240 valence electrons. The first kappa shape index (κ1) is 32.3. The van der Waals surface area contributed by atoms with Gasteiger partial charge in [-0.25, -0.2) is 9.78 Å². The number of aromatic nitrogens is 1. The van der Waals surface area contributed by atoms with Crippen molar-refractivity contribution in [2.24, 2.45) is 5.41 Å². The maximum absolute atomic E-state index is 12.7. The van der Waals surface area contributed by atoms with E-state index < -0.39 is 17.0 Å². The molecule has 5 rings (SSSR count). The van der Waals surface area contributed by atoms with Crippen LogP contribution in [0.4, 0.5) is 10.6 Å². The Morgan fingerprint density at radius 2 is 1.82 bits per heavy atom. The molecule has 1 amide bonds. The molecule has 0 saturated carbocycles. The molecule has 1 fully saturated rings. The van der Waals surface area contributed by atoms with Gasteiger partial charge in [0, 0.05) is 32.3 Å². The van der Waals surface area contributed by atoms with E-state index in [0.717, 1.165) is 45.9 Å². The van der Waals surface area contributed by atoms with Crippen LogP contribution in [0.25, 0.3) is 11.3 Å². The fourth-order valence-corrected chi connectivity index (χ4v) is 6.43. The Morgan fingerprint density at radius 1 is 1.07 bits per heavy atom. The van der Waals surface area contributed by atoms with Crippen molar-refractivity contribution in [3.8, 4) is 17.0 Å². The number of rotatable bonds is 8. The van der Waals surface area contributed by atoms with Gasteiger partial charge in [-0.3, -0.25) is 4.79 Å². The second kappa shape index (κ2) is 12.7. The third-order valence-corrected chi connectivity index (χ3v) is 9.14. The number of benzene rings is 2. The molecule has 9 nitrogen and oxygen atoms in total. The van der Waals surface area contributed by atoms with Crippen molar-refractivity contribution in [3.05, 3.63) is 76.3 Å². The van der Waals surface area contributed by atoms with Gasteiger partial charge in [0.15, 0.2) is 0 Å². The second-order valence-corrected chi connectivity index (χ2v) is 13.4. The minimum absolute atomic E-state index is 0.280. The number of pyridine rings is 1. The minimum Gasteiger partial charge on any atom is -0.488 e. The molecule has 45 heavy (non-hydrogen) atoms. The number of carbonyl (C=O) groups is 2. The van der Waals surface area contributed by atoms with E-state index in [0.29, 0.717) is 39.3 Å². The molecule has 0 aliphatic carbocycles. The third kappa shape index (κ3) is 6.64. The van der Waals surface area contributed by atoms with E-state index in [1.54, 1.807) is 18.9 Å². The lowest BCUT2D eigenvalue weighted by atomic mass is 9.83. The van der Waals surface area contributed by atoms with E-state index in [1.807, 2.05) is 64.1 Å². The smallest absolute Gasteiger partial charge is 0.410 e. The molecule has 0 radical (unpaired) electrons. The van der Waals surface area contributed by atoms with Crippen LogP contribution >= 0.6 is 0 Å². The monoisotopic (exact) mass is 615 g/mol. The van der Waals surface area contributed by atoms with Crippen LogP contribution in [0.1, 0.15) is 61.9 Å². The highest BCUT2D eigenvalue weighted by atomic mass is 16.6. The average molecular weight is 616 g/mol. The Balaban J connectivity index is 1.36. The summed E-state index contributed by atoms with van der Waals surface area (Å²) in [7, 11) is 1.60. The molecular formula is C36H45N3O6. The molecular weight excluding hydrogens is 570 g/mol. The van der Waals surface area contributed by atoms with E-state index in [-0.39, 0.29) is 12.1 Å². The Labute approximate surface area is 266 Å². The fourth-order valence-electron chi connectivity index (χ4n) is 6.43. The van der Waals surface area contributed by atoms with Crippen molar-refractivity contribution in [1.29, 1.82) is 0 Å². The summed E-state index contributed by atoms with van der Waals surface area (Å²) in [5.74, 6) is 0.661. The lowest BCUT2D eigenvalue weighted by Crippen LogP contribution is -2.46. The van der Waals surface area contributed by atoms with Gasteiger partial charge in [-0.05, 0) is 100 Å². The van der Waals surface area contributed by atoms with Gasteiger partial charge < -0.3 is 29.1 Å². The molecule has 1 aromatic heterocycles. The zero-order valence-electron chi connectivity index (χ0n) is 27.5. The highest BCUT2D eigenvalue weighted by Gasteiger charge is 2.50. The first-order valence-corrected chi connectivity index (χ1v) is 15.6.